The maximum atomic E-state index is 12.1. The van der Waals surface area contributed by atoms with E-state index in [0.717, 1.165) is 10.6 Å². The molecule has 8 heteroatoms. The van der Waals surface area contributed by atoms with Gasteiger partial charge in [0.05, 0.1) is 27.8 Å². The summed E-state index contributed by atoms with van der Waals surface area (Å²) in [6, 6.07) is 13.4. The number of hydrogen-bond donors (Lipinski definition) is 1. The predicted octanol–water partition coefficient (Wildman–Crippen LogP) is 3.14. The second-order valence-corrected chi connectivity index (χ2v) is 6.59. The van der Waals surface area contributed by atoms with Crippen molar-refractivity contribution in [2.24, 2.45) is 0 Å². The number of anilines is 1. The molecule has 0 fully saturated rings. The summed E-state index contributed by atoms with van der Waals surface area (Å²) in [5.74, 6) is -0.837. The summed E-state index contributed by atoms with van der Waals surface area (Å²) in [6.45, 7) is -0.203. The molecule has 1 amide bonds. The Hall–Kier alpha value is -2.87. The third-order valence-corrected chi connectivity index (χ3v) is 4.91. The second kappa shape index (κ2) is 7.35. The van der Waals surface area contributed by atoms with E-state index in [1.165, 1.54) is 23.9 Å². The fraction of sp³-hybridized carbons (Fsp3) is 0.176. The SMILES string of the molecule is O=C(C[C@H]1Sc2ccccc2NC1=O)OCc1ccccc1[N+](=O)[O-]. The summed E-state index contributed by atoms with van der Waals surface area (Å²) >= 11 is 1.30. The molecule has 0 spiro atoms. The number of fused-ring (bicyclic) bond motifs is 1. The van der Waals surface area contributed by atoms with E-state index in [2.05, 4.69) is 5.32 Å². The quantitative estimate of drug-likeness (QED) is 0.501. The van der Waals surface area contributed by atoms with Gasteiger partial charge in [0.15, 0.2) is 0 Å². The average molecular weight is 358 g/mol. The number of nitro groups is 1. The Bertz CT molecular complexity index is 839. The number of rotatable bonds is 5. The Balaban J connectivity index is 1.60. The molecule has 0 unspecified atom stereocenters. The van der Waals surface area contributed by atoms with E-state index in [-0.39, 0.29) is 24.6 Å². The van der Waals surface area contributed by atoms with Gasteiger partial charge < -0.3 is 10.1 Å². The minimum atomic E-state index is -0.590. The van der Waals surface area contributed by atoms with E-state index in [1.54, 1.807) is 18.2 Å². The van der Waals surface area contributed by atoms with Crippen LogP contribution in [0.3, 0.4) is 0 Å². The van der Waals surface area contributed by atoms with Crippen LogP contribution >= 0.6 is 11.8 Å². The van der Waals surface area contributed by atoms with Crippen molar-refractivity contribution in [3.8, 4) is 0 Å². The van der Waals surface area contributed by atoms with Crippen LogP contribution < -0.4 is 5.32 Å². The standard InChI is InChI=1S/C17H14N2O5S/c20-16(24-10-11-5-1-3-7-13(11)19(22)23)9-15-17(21)18-12-6-2-4-8-14(12)25-15/h1-8,15H,9-10H2,(H,18,21)/t15-/m1/s1. The van der Waals surface area contributed by atoms with Crippen LogP contribution in [0.4, 0.5) is 11.4 Å². The maximum Gasteiger partial charge on any atom is 0.307 e. The number of hydrogen-bond acceptors (Lipinski definition) is 6. The van der Waals surface area contributed by atoms with Crippen LogP contribution in [0.25, 0.3) is 0 Å². The molecule has 1 N–H and O–H groups in total. The number of amides is 1. The highest BCUT2D eigenvalue weighted by Crippen LogP contribution is 2.36. The first kappa shape index (κ1) is 17.0. The van der Waals surface area contributed by atoms with Gasteiger partial charge in [-0.15, -0.1) is 11.8 Å². The molecule has 1 atom stereocenters. The van der Waals surface area contributed by atoms with Crippen molar-refractivity contribution >= 4 is 35.0 Å². The normalized spacial score (nSPS) is 15.8. The zero-order chi connectivity index (χ0) is 17.8. The van der Waals surface area contributed by atoms with Crippen LogP contribution in [0, 0.1) is 10.1 Å². The minimum Gasteiger partial charge on any atom is -0.460 e. The number of carbonyl (C=O) groups is 2. The van der Waals surface area contributed by atoms with Crippen molar-refractivity contribution < 1.29 is 19.2 Å². The fourth-order valence-electron chi connectivity index (χ4n) is 2.41. The van der Waals surface area contributed by atoms with Gasteiger partial charge in [-0.25, -0.2) is 0 Å². The smallest absolute Gasteiger partial charge is 0.307 e. The molecular formula is C17H14N2O5S. The topological polar surface area (TPSA) is 98.5 Å². The summed E-state index contributed by atoms with van der Waals surface area (Å²) in [4.78, 5) is 35.4. The number of nitrogens with one attached hydrogen (secondary N) is 1. The van der Waals surface area contributed by atoms with Crippen molar-refractivity contribution in [1.29, 1.82) is 0 Å². The van der Waals surface area contributed by atoms with E-state index in [1.807, 2.05) is 18.2 Å². The number of ether oxygens (including phenoxy) is 1. The first-order valence-corrected chi connectivity index (χ1v) is 8.37. The van der Waals surface area contributed by atoms with Crippen molar-refractivity contribution in [3.05, 3.63) is 64.2 Å². The first-order valence-electron chi connectivity index (χ1n) is 7.49. The lowest BCUT2D eigenvalue weighted by Gasteiger charge is -2.23. The van der Waals surface area contributed by atoms with Gasteiger partial charge in [-0.2, -0.15) is 0 Å². The van der Waals surface area contributed by atoms with E-state index in [9.17, 15) is 19.7 Å². The van der Waals surface area contributed by atoms with Crippen LogP contribution in [-0.2, 0) is 20.9 Å². The van der Waals surface area contributed by atoms with Crippen molar-refractivity contribution in [1.82, 2.24) is 0 Å². The second-order valence-electron chi connectivity index (χ2n) is 5.34. The average Bonchev–Trinajstić information content (AvgIpc) is 2.60. The summed E-state index contributed by atoms with van der Waals surface area (Å²) in [5, 5.41) is 13.1. The van der Waals surface area contributed by atoms with Gasteiger partial charge in [0.25, 0.3) is 5.69 Å². The van der Waals surface area contributed by atoms with Crippen LogP contribution in [0.15, 0.2) is 53.4 Å². The summed E-state index contributed by atoms with van der Waals surface area (Å²) in [5.41, 5.74) is 0.933. The molecule has 25 heavy (non-hydrogen) atoms. The highest BCUT2D eigenvalue weighted by Gasteiger charge is 2.29. The summed E-state index contributed by atoms with van der Waals surface area (Å²) in [6.07, 6.45) is -0.106. The molecule has 7 nitrogen and oxygen atoms in total. The maximum absolute atomic E-state index is 12.1. The first-order chi connectivity index (χ1) is 12.0. The van der Waals surface area contributed by atoms with E-state index >= 15 is 0 Å². The van der Waals surface area contributed by atoms with E-state index in [4.69, 9.17) is 4.74 Å². The lowest BCUT2D eigenvalue weighted by atomic mass is 10.2. The highest BCUT2D eigenvalue weighted by atomic mass is 32.2. The van der Waals surface area contributed by atoms with Crippen molar-refractivity contribution in [3.63, 3.8) is 0 Å². The number of carbonyl (C=O) groups excluding carboxylic acids is 2. The number of benzene rings is 2. The zero-order valence-corrected chi connectivity index (χ0v) is 13.8. The summed E-state index contributed by atoms with van der Waals surface area (Å²) in [7, 11) is 0. The Morgan fingerprint density at radius 3 is 2.72 bits per heavy atom. The molecule has 2 aromatic rings. The molecule has 1 heterocycles. The minimum absolute atomic E-state index is 0.103. The largest absolute Gasteiger partial charge is 0.460 e. The molecule has 2 aromatic carbocycles. The Labute approximate surface area is 147 Å². The van der Waals surface area contributed by atoms with Crippen LogP contribution in [-0.4, -0.2) is 22.0 Å². The van der Waals surface area contributed by atoms with E-state index in [0.29, 0.717) is 5.56 Å². The molecule has 0 bridgehead atoms. The van der Waals surface area contributed by atoms with Crippen LogP contribution in [0.5, 0.6) is 0 Å². The van der Waals surface area contributed by atoms with Gasteiger partial charge >= 0.3 is 5.97 Å². The number of esters is 1. The Morgan fingerprint density at radius 2 is 1.92 bits per heavy atom. The molecule has 0 aliphatic carbocycles. The molecule has 128 valence electrons. The van der Waals surface area contributed by atoms with Crippen LogP contribution in [0.2, 0.25) is 0 Å². The van der Waals surface area contributed by atoms with Crippen molar-refractivity contribution in [2.45, 2.75) is 23.2 Å². The van der Waals surface area contributed by atoms with Gasteiger partial charge in [-0.3, -0.25) is 19.7 Å². The molecule has 0 saturated heterocycles. The molecule has 3 rings (SSSR count). The number of para-hydroxylation sites is 2. The van der Waals surface area contributed by atoms with Crippen molar-refractivity contribution in [2.75, 3.05) is 5.32 Å². The van der Waals surface area contributed by atoms with Gasteiger partial charge in [0, 0.05) is 11.0 Å². The van der Waals surface area contributed by atoms with Gasteiger partial charge in [-0.1, -0.05) is 24.3 Å². The highest BCUT2D eigenvalue weighted by molar-refractivity contribution is 8.01. The molecule has 1 aliphatic heterocycles. The number of thioether (sulfide) groups is 1. The lowest BCUT2D eigenvalue weighted by molar-refractivity contribution is -0.385. The molecular weight excluding hydrogens is 344 g/mol. The van der Waals surface area contributed by atoms with Gasteiger partial charge in [0.2, 0.25) is 5.91 Å². The predicted molar refractivity (Wildman–Crippen MR) is 92.2 cm³/mol. The lowest BCUT2D eigenvalue weighted by Crippen LogP contribution is -2.31. The van der Waals surface area contributed by atoms with Gasteiger partial charge in [0.1, 0.15) is 6.61 Å². The Morgan fingerprint density at radius 1 is 1.20 bits per heavy atom. The third-order valence-electron chi connectivity index (χ3n) is 3.64. The molecule has 0 aromatic heterocycles. The summed E-state index contributed by atoms with van der Waals surface area (Å²) < 4.78 is 5.12. The van der Waals surface area contributed by atoms with Crippen LogP contribution in [0.1, 0.15) is 12.0 Å². The molecule has 0 radical (unpaired) electrons. The zero-order valence-electron chi connectivity index (χ0n) is 13.0. The fourth-order valence-corrected chi connectivity index (χ4v) is 3.50. The number of nitro benzene ring substituents is 1. The van der Waals surface area contributed by atoms with Gasteiger partial charge in [-0.05, 0) is 18.2 Å². The number of nitrogens with zero attached hydrogens (tertiary/aromatic N) is 1. The molecule has 1 aliphatic rings. The van der Waals surface area contributed by atoms with E-state index < -0.39 is 16.1 Å². The Kier molecular flexibility index (Phi) is 4.99. The monoisotopic (exact) mass is 358 g/mol. The third kappa shape index (κ3) is 3.97. The molecule has 0 saturated carbocycles.